The molecular weight excluding hydrogens is 489 g/mol. The first-order valence-corrected chi connectivity index (χ1v) is 12.3. The Balaban J connectivity index is 1.40. The SMILES string of the molecule is CC(C)(C)OC(=O)NC1CC(C(=O)NC[C@]23CC[C@](F)(C[C@@H]2c2c(F)c(O)cc(Cl)c2Cl)C3)C1. The zero-order valence-corrected chi connectivity index (χ0v) is 21.0. The molecule has 2 bridgehead atoms. The molecule has 0 spiro atoms. The smallest absolute Gasteiger partial charge is 0.407 e. The van der Waals surface area contributed by atoms with Crippen molar-refractivity contribution in [1.29, 1.82) is 0 Å². The van der Waals surface area contributed by atoms with E-state index in [4.69, 9.17) is 27.9 Å². The van der Waals surface area contributed by atoms with E-state index in [1.807, 2.05) is 0 Å². The molecule has 0 unspecified atom stereocenters. The van der Waals surface area contributed by atoms with Gasteiger partial charge in [-0.3, -0.25) is 4.79 Å². The minimum absolute atomic E-state index is 0.00318. The molecule has 6 nitrogen and oxygen atoms in total. The van der Waals surface area contributed by atoms with Crippen molar-refractivity contribution in [2.24, 2.45) is 11.3 Å². The van der Waals surface area contributed by atoms with E-state index in [0.717, 1.165) is 6.07 Å². The van der Waals surface area contributed by atoms with Gasteiger partial charge in [0.2, 0.25) is 5.91 Å². The zero-order chi connectivity index (χ0) is 25.1. The number of phenols is 1. The van der Waals surface area contributed by atoms with Crippen LogP contribution in [-0.2, 0) is 9.53 Å². The van der Waals surface area contributed by atoms with Gasteiger partial charge >= 0.3 is 6.09 Å². The summed E-state index contributed by atoms with van der Waals surface area (Å²) in [7, 11) is 0. The average Bonchev–Trinajstić information content (AvgIpc) is 3.17. The van der Waals surface area contributed by atoms with Crippen molar-refractivity contribution in [3.8, 4) is 5.75 Å². The maximum Gasteiger partial charge on any atom is 0.407 e. The lowest BCUT2D eigenvalue weighted by molar-refractivity contribution is -0.128. The number of carbonyl (C=O) groups excluding carboxylic acids is 2. The second-order valence-corrected chi connectivity index (χ2v) is 11.9. The van der Waals surface area contributed by atoms with Crippen LogP contribution in [0.4, 0.5) is 13.6 Å². The summed E-state index contributed by atoms with van der Waals surface area (Å²) < 4.78 is 35.5. The van der Waals surface area contributed by atoms with E-state index in [1.165, 1.54) is 0 Å². The topological polar surface area (TPSA) is 87.7 Å². The number of benzene rings is 1. The zero-order valence-electron chi connectivity index (χ0n) is 19.4. The van der Waals surface area contributed by atoms with Gasteiger partial charge in [0.05, 0.1) is 10.0 Å². The van der Waals surface area contributed by atoms with Crippen LogP contribution in [0.5, 0.6) is 5.75 Å². The Kier molecular flexibility index (Phi) is 6.47. The predicted molar refractivity (Wildman–Crippen MR) is 124 cm³/mol. The number of nitrogens with one attached hydrogen (secondary N) is 2. The van der Waals surface area contributed by atoms with Gasteiger partial charge in [-0.05, 0) is 70.6 Å². The third-order valence-corrected chi connectivity index (χ3v) is 8.21. The van der Waals surface area contributed by atoms with Crippen LogP contribution in [-0.4, -0.2) is 41.0 Å². The number of amides is 2. The van der Waals surface area contributed by atoms with Crippen LogP contribution < -0.4 is 10.6 Å². The minimum Gasteiger partial charge on any atom is -0.505 e. The number of alkyl halides is 1. The lowest BCUT2D eigenvalue weighted by Crippen LogP contribution is -2.51. The number of fused-ring (bicyclic) bond motifs is 2. The summed E-state index contributed by atoms with van der Waals surface area (Å²) in [5.74, 6) is -2.59. The molecule has 3 aliphatic carbocycles. The molecule has 3 N–H and O–H groups in total. The number of hydrogen-bond donors (Lipinski definition) is 3. The highest BCUT2D eigenvalue weighted by atomic mass is 35.5. The quantitative estimate of drug-likeness (QED) is 0.441. The van der Waals surface area contributed by atoms with Crippen LogP contribution in [0.2, 0.25) is 10.0 Å². The molecule has 10 heteroatoms. The molecule has 0 aliphatic heterocycles. The second-order valence-electron chi connectivity index (χ2n) is 11.1. The lowest BCUT2D eigenvalue weighted by Gasteiger charge is -2.38. The highest BCUT2D eigenvalue weighted by molar-refractivity contribution is 6.42. The Morgan fingerprint density at radius 2 is 1.94 bits per heavy atom. The normalized spacial score (nSPS) is 32.3. The van der Waals surface area contributed by atoms with Crippen LogP contribution in [0.1, 0.15) is 70.8 Å². The fraction of sp³-hybridized carbons (Fsp3) is 0.667. The molecule has 34 heavy (non-hydrogen) atoms. The van der Waals surface area contributed by atoms with Gasteiger partial charge in [-0.1, -0.05) is 23.2 Å². The maximum absolute atomic E-state index is 15.4. The van der Waals surface area contributed by atoms with Crippen molar-refractivity contribution >= 4 is 35.2 Å². The molecule has 1 aromatic rings. The summed E-state index contributed by atoms with van der Waals surface area (Å²) in [6, 6.07) is 0.892. The fourth-order valence-electron chi connectivity index (χ4n) is 5.76. The van der Waals surface area contributed by atoms with Gasteiger partial charge in [0, 0.05) is 30.1 Å². The Labute approximate surface area is 207 Å². The Morgan fingerprint density at radius 3 is 2.56 bits per heavy atom. The second kappa shape index (κ2) is 8.70. The van der Waals surface area contributed by atoms with Gasteiger partial charge in [-0.2, -0.15) is 0 Å². The Hall–Kier alpha value is -1.80. The predicted octanol–water partition coefficient (Wildman–Crippen LogP) is 5.62. The standard InChI is InChI=1S/C24H30Cl2F2N2O4/c1-22(2,3)34-21(33)30-13-6-12(7-13)20(32)29-11-23-4-5-24(28,10-23)9-14(23)17-18(26)15(25)8-16(31)19(17)27/h8,12-14,31H,4-7,9-11H2,1-3H3,(H,29,32)(H,30,33)/t12?,13?,14-,23-,24+/m1/s1. The molecule has 0 aromatic heterocycles. The molecule has 3 fully saturated rings. The van der Waals surface area contributed by atoms with Crippen molar-refractivity contribution in [1.82, 2.24) is 10.6 Å². The van der Waals surface area contributed by atoms with E-state index in [2.05, 4.69) is 10.6 Å². The van der Waals surface area contributed by atoms with Gasteiger partial charge in [-0.15, -0.1) is 0 Å². The summed E-state index contributed by atoms with van der Waals surface area (Å²) in [6.07, 6.45) is 1.49. The minimum atomic E-state index is -1.47. The third-order valence-electron chi connectivity index (χ3n) is 7.41. The number of halogens is 4. The van der Waals surface area contributed by atoms with Gasteiger partial charge < -0.3 is 20.5 Å². The maximum atomic E-state index is 15.4. The first-order chi connectivity index (χ1) is 15.7. The largest absolute Gasteiger partial charge is 0.505 e. The van der Waals surface area contributed by atoms with Crippen molar-refractivity contribution in [3.05, 3.63) is 27.5 Å². The van der Waals surface area contributed by atoms with Crippen LogP contribution in [0, 0.1) is 17.2 Å². The molecular formula is C24H30Cl2F2N2O4. The number of ether oxygens (including phenoxy) is 1. The van der Waals surface area contributed by atoms with E-state index >= 15 is 4.39 Å². The van der Waals surface area contributed by atoms with Crippen LogP contribution in [0.25, 0.3) is 0 Å². The van der Waals surface area contributed by atoms with E-state index in [1.54, 1.807) is 20.8 Å². The molecule has 0 radical (unpaired) electrons. The number of aromatic hydroxyl groups is 1. The Bertz CT molecular complexity index is 985. The Morgan fingerprint density at radius 1 is 1.26 bits per heavy atom. The van der Waals surface area contributed by atoms with Gasteiger partial charge in [0.1, 0.15) is 11.3 Å². The van der Waals surface area contributed by atoms with Gasteiger partial charge in [0.15, 0.2) is 11.6 Å². The van der Waals surface area contributed by atoms with E-state index in [9.17, 15) is 19.1 Å². The van der Waals surface area contributed by atoms with Crippen molar-refractivity contribution in [2.75, 3.05) is 6.54 Å². The van der Waals surface area contributed by atoms with E-state index in [0.29, 0.717) is 25.7 Å². The summed E-state index contributed by atoms with van der Waals surface area (Å²) in [4.78, 5) is 24.7. The summed E-state index contributed by atoms with van der Waals surface area (Å²) in [5, 5.41) is 15.6. The molecule has 4 rings (SSSR count). The fourth-order valence-corrected chi connectivity index (χ4v) is 6.24. The van der Waals surface area contributed by atoms with E-state index in [-0.39, 0.29) is 52.9 Å². The van der Waals surface area contributed by atoms with Crippen molar-refractivity contribution < 1.29 is 28.2 Å². The molecule has 0 heterocycles. The molecule has 1 aromatic carbocycles. The number of rotatable bonds is 5. The average molecular weight is 519 g/mol. The van der Waals surface area contributed by atoms with Gasteiger partial charge in [-0.25, -0.2) is 13.6 Å². The summed E-state index contributed by atoms with van der Waals surface area (Å²) >= 11 is 12.4. The monoisotopic (exact) mass is 518 g/mol. The summed E-state index contributed by atoms with van der Waals surface area (Å²) in [5.41, 5.74) is -2.77. The van der Waals surface area contributed by atoms with Crippen LogP contribution >= 0.6 is 23.2 Å². The third kappa shape index (κ3) is 4.81. The summed E-state index contributed by atoms with van der Waals surface area (Å²) in [6.45, 7) is 5.50. The highest BCUT2D eigenvalue weighted by Crippen LogP contribution is 2.66. The van der Waals surface area contributed by atoms with Gasteiger partial charge in [0.25, 0.3) is 0 Å². The number of alkyl carbamates (subject to hydrolysis) is 1. The molecule has 3 saturated carbocycles. The van der Waals surface area contributed by atoms with Crippen molar-refractivity contribution in [2.45, 2.75) is 82.5 Å². The lowest BCUT2D eigenvalue weighted by atomic mass is 9.71. The number of carbonyl (C=O) groups is 2. The first kappa shape index (κ1) is 25.3. The molecule has 188 valence electrons. The number of phenolic OH excluding ortho intramolecular Hbond substituents is 1. The van der Waals surface area contributed by atoms with Crippen LogP contribution in [0.15, 0.2) is 6.07 Å². The number of hydrogen-bond acceptors (Lipinski definition) is 4. The van der Waals surface area contributed by atoms with E-state index < -0.39 is 40.3 Å². The van der Waals surface area contributed by atoms with Crippen molar-refractivity contribution in [3.63, 3.8) is 0 Å². The molecule has 3 atom stereocenters. The molecule has 3 aliphatic rings. The molecule has 2 amide bonds. The van der Waals surface area contributed by atoms with Crippen LogP contribution in [0.3, 0.4) is 0 Å². The molecule has 0 saturated heterocycles. The first-order valence-electron chi connectivity index (χ1n) is 11.5. The highest BCUT2D eigenvalue weighted by Gasteiger charge is 2.62.